The first-order chi connectivity index (χ1) is 15.3. The Labute approximate surface area is 190 Å². The molecule has 0 bridgehead atoms. The van der Waals surface area contributed by atoms with Gasteiger partial charge in [0.05, 0.1) is 10.9 Å². The minimum atomic E-state index is 0.474. The maximum atomic E-state index is 6.76. The number of fused-ring (bicyclic) bond motifs is 3. The number of benzene rings is 2. The predicted molar refractivity (Wildman–Crippen MR) is 130 cm³/mol. The van der Waals surface area contributed by atoms with Crippen LogP contribution in [0.15, 0.2) is 42.9 Å². The summed E-state index contributed by atoms with van der Waals surface area (Å²) in [5, 5.41) is 4.95. The van der Waals surface area contributed by atoms with Crippen LogP contribution in [0, 0.1) is 19.3 Å². The quantitative estimate of drug-likeness (QED) is 0.265. The van der Waals surface area contributed by atoms with E-state index in [2.05, 4.69) is 74.8 Å². The molecule has 6 rings (SSSR count). The highest BCUT2D eigenvalue weighted by Crippen LogP contribution is 2.51. The number of nitrogens with zero attached hydrogens (tertiary/aromatic N) is 2. The SMILES string of the molecule is Cc1c2c(c(C)c3ccncc13)-c1c3c(cc(C4CCC(C)(C)CC4)cc3cc[n+]1C)O2. The van der Waals surface area contributed by atoms with Crippen LogP contribution in [0.4, 0.5) is 0 Å². The molecule has 0 unspecified atom stereocenters. The van der Waals surface area contributed by atoms with E-state index in [1.54, 1.807) is 0 Å². The number of pyridine rings is 2. The molecule has 1 fully saturated rings. The summed E-state index contributed by atoms with van der Waals surface area (Å²) in [6, 6.07) is 9.13. The Balaban J connectivity index is 1.60. The molecular formula is C29H31N2O+. The normalized spacial score (nSPS) is 17.4. The van der Waals surface area contributed by atoms with Crippen LogP contribution < -0.4 is 9.30 Å². The summed E-state index contributed by atoms with van der Waals surface area (Å²) in [6.45, 7) is 9.19. The highest BCUT2D eigenvalue weighted by molar-refractivity contribution is 6.06. The molecule has 0 radical (unpaired) electrons. The summed E-state index contributed by atoms with van der Waals surface area (Å²) in [5.74, 6) is 2.61. The number of hydrogen-bond acceptors (Lipinski definition) is 2. The Bertz CT molecular complexity index is 1410. The third-order valence-corrected chi connectivity index (χ3v) is 8.05. The molecule has 1 aliphatic carbocycles. The van der Waals surface area contributed by atoms with Gasteiger partial charge in [-0.1, -0.05) is 19.9 Å². The number of aromatic nitrogens is 2. The lowest BCUT2D eigenvalue weighted by molar-refractivity contribution is -0.659. The number of aryl methyl sites for hydroxylation is 3. The van der Waals surface area contributed by atoms with Crippen LogP contribution in [-0.4, -0.2) is 4.98 Å². The van der Waals surface area contributed by atoms with E-state index < -0.39 is 0 Å². The van der Waals surface area contributed by atoms with Crippen molar-refractivity contribution in [3.05, 3.63) is 59.5 Å². The summed E-state index contributed by atoms with van der Waals surface area (Å²) in [5.41, 5.74) is 6.81. The largest absolute Gasteiger partial charge is 0.455 e. The van der Waals surface area contributed by atoms with Gasteiger partial charge < -0.3 is 4.74 Å². The van der Waals surface area contributed by atoms with E-state index in [0.717, 1.165) is 11.5 Å². The van der Waals surface area contributed by atoms with Gasteiger partial charge in [0, 0.05) is 29.4 Å². The van der Waals surface area contributed by atoms with Crippen LogP contribution in [0.2, 0.25) is 0 Å². The molecule has 162 valence electrons. The third kappa shape index (κ3) is 2.80. The van der Waals surface area contributed by atoms with Crippen LogP contribution in [0.5, 0.6) is 11.5 Å². The minimum absolute atomic E-state index is 0.474. The van der Waals surface area contributed by atoms with E-state index in [4.69, 9.17) is 4.74 Å². The zero-order chi connectivity index (χ0) is 22.2. The van der Waals surface area contributed by atoms with E-state index in [9.17, 15) is 0 Å². The van der Waals surface area contributed by atoms with Crippen LogP contribution in [0.1, 0.15) is 62.1 Å². The third-order valence-electron chi connectivity index (χ3n) is 8.05. The second-order valence-electron chi connectivity index (χ2n) is 10.7. The zero-order valence-electron chi connectivity index (χ0n) is 19.7. The van der Waals surface area contributed by atoms with Gasteiger partial charge in [-0.05, 0) is 84.9 Å². The van der Waals surface area contributed by atoms with Crippen molar-refractivity contribution in [1.29, 1.82) is 0 Å². The van der Waals surface area contributed by atoms with Gasteiger partial charge in [-0.15, -0.1) is 0 Å². The fourth-order valence-electron chi connectivity index (χ4n) is 5.99. The summed E-state index contributed by atoms with van der Waals surface area (Å²) in [4.78, 5) is 4.39. The lowest BCUT2D eigenvalue weighted by Gasteiger charge is -2.35. The number of hydrogen-bond donors (Lipinski definition) is 0. The fourth-order valence-corrected chi connectivity index (χ4v) is 5.99. The maximum absolute atomic E-state index is 6.76. The summed E-state index contributed by atoms with van der Waals surface area (Å²) in [7, 11) is 2.15. The average Bonchev–Trinajstić information content (AvgIpc) is 2.79. The highest BCUT2D eigenvalue weighted by Gasteiger charge is 2.34. The Morgan fingerprint density at radius 2 is 1.81 bits per heavy atom. The molecule has 4 aromatic rings. The average molecular weight is 424 g/mol. The first-order valence-corrected chi connectivity index (χ1v) is 11.9. The number of rotatable bonds is 1. The lowest BCUT2D eigenvalue weighted by Crippen LogP contribution is -2.32. The van der Waals surface area contributed by atoms with Crippen molar-refractivity contribution in [2.24, 2.45) is 12.5 Å². The van der Waals surface area contributed by atoms with Gasteiger partial charge in [-0.25, -0.2) is 4.57 Å². The van der Waals surface area contributed by atoms with E-state index in [-0.39, 0.29) is 0 Å². The monoisotopic (exact) mass is 423 g/mol. The molecule has 1 saturated carbocycles. The Hall–Kier alpha value is -2.94. The summed E-state index contributed by atoms with van der Waals surface area (Å²) < 4.78 is 9.01. The van der Waals surface area contributed by atoms with E-state index in [1.807, 2.05) is 12.4 Å². The summed E-state index contributed by atoms with van der Waals surface area (Å²) in [6.07, 6.45) is 11.2. The summed E-state index contributed by atoms with van der Waals surface area (Å²) >= 11 is 0. The van der Waals surface area contributed by atoms with Crippen LogP contribution in [0.25, 0.3) is 32.8 Å². The topological polar surface area (TPSA) is 26.0 Å². The van der Waals surface area contributed by atoms with Crippen LogP contribution in [0.3, 0.4) is 0 Å². The van der Waals surface area contributed by atoms with Crippen LogP contribution >= 0.6 is 0 Å². The van der Waals surface area contributed by atoms with Crippen molar-refractivity contribution in [2.75, 3.05) is 0 Å². The Kier molecular flexibility index (Phi) is 4.18. The van der Waals surface area contributed by atoms with Crippen LogP contribution in [-0.2, 0) is 7.05 Å². The van der Waals surface area contributed by atoms with Gasteiger partial charge in [0.2, 0.25) is 5.69 Å². The lowest BCUT2D eigenvalue weighted by atomic mass is 9.71. The molecule has 0 atom stereocenters. The molecule has 3 nitrogen and oxygen atoms in total. The van der Waals surface area contributed by atoms with Crippen molar-refractivity contribution >= 4 is 21.5 Å². The molecule has 0 N–H and O–H groups in total. The molecule has 2 aromatic carbocycles. The van der Waals surface area contributed by atoms with Gasteiger partial charge >= 0.3 is 0 Å². The standard InChI is InChI=1S/C29H31N2O/c1-17-22-8-12-30-16-23(22)18(2)28-25(17)27-26-20(9-13-31(27)5)14-21(15-24(26)32-28)19-6-10-29(3,4)11-7-19/h8-9,12-16,19H,6-7,10-11H2,1-5H3/q+1. The van der Waals surface area contributed by atoms with Crippen molar-refractivity contribution in [3.8, 4) is 22.8 Å². The van der Waals surface area contributed by atoms with Gasteiger partial charge in [-0.3, -0.25) is 4.98 Å². The first-order valence-electron chi connectivity index (χ1n) is 11.9. The Morgan fingerprint density at radius 3 is 2.59 bits per heavy atom. The fraction of sp³-hybridized carbons (Fsp3) is 0.379. The zero-order valence-corrected chi connectivity index (χ0v) is 19.7. The van der Waals surface area contributed by atoms with E-state index in [0.29, 0.717) is 11.3 Å². The molecular weight excluding hydrogens is 392 g/mol. The molecule has 2 aromatic heterocycles. The molecule has 32 heavy (non-hydrogen) atoms. The predicted octanol–water partition coefficient (Wildman–Crippen LogP) is 7.29. The first kappa shape index (κ1) is 19.7. The number of ether oxygens (including phenoxy) is 1. The molecule has 0 spiro atoms. The highest BCUT2D eigenvalue weighted by atomic mass is 16.5. The van der Waals surface area contributed by atoms with Crippen molar-refractivity contribution < 1.29 is 9.30 Å². The maximum Gasteiger partial charge on any atom is 0.228 e. The van der Waals surface area contributed by atoms with Crippen molar-refractivity contribution in [3.63, 3.8) is 0 Å². The smallest absolute Gasteiger partial charge is 0.228 e. The van der Waals surface area contributed by atoms with Gasteiger partial charge in [-0.2, -0.15) is 0 Å². The van der Waals surface area contributed by atoms with Gasteiger partial charge in [0.25, 0.3) is 0 Å². The molecule has 2 aliphatic rings. The Morgan fingerprint density at radius 1 is 1.03 bits per heavy atom. The molecule has 3 heteroatoms. The van der Waals surface area contributed by atoms with E-state index in [1.165, 1.54) is 75.2 Å². The molecule has 0 saturated heterocycles. The molecule has 1 aliphatic heterocycles. The van der Waals surface area contributed by atoms with Crippen molar-refractivity contribution in [2.45, 2.75) is 59.3 Å². The van der Waals surface area contributed by atoms with Gasteiger partial charge in [0.15, 0.2) is 6.20 Å². The minimum Gasteiger partial charge on any atom is -0.455 e. The molecule has 0 amide bonds. The van der Waals surface area contributed by atoms with Crippen molar-refractivity contribution in [1.82, 2.24) is 4.98 Å². The second-order valence-corrected chi connectivity index (χ2v) is 10.7. The van der Waals surface area contributed by atoms with Gasteiger partial charge in [0.1, 0.15) is 18.5 Å². The van der Waals surface area contributed by atoms with E-state index >= 15 is 0 Å². The molecule has 3 heterocycles. The second kappa shape index (κ2) is 6.78.